The molecule has 3 aromatic carbocycles. The molecule has 0 saturated carbocycles. The van der Waals surface area contributed by atoms with Gasteiger partial charge in [-0.1, -0.05) is 80.4 Å². The first-order valence-corrected chi connectivity index (χ1v) is 8.71. The minimum Gasteiger partial charge on any atom is -0.458 e. The predicted octanol–water partition coefficient (Wildman–Crippen LogP) is 6.70. The van der Waals surface area contributed by atoms with E-state index in [1.165, 1.54) is 0 Å². The molecule has 3 aromatic rings. The average molecular weight is 354 g/mol. The van der Waals surface area contributed by atoms with Gasteiger partial charge in [0, 0.05) is 0 Å². The van der Waals surface area contributed by atoms with Gasteiger partial charge < -0.3 is 9.47 Å². The number of hydrogen-bond acceptors (Lipinski definition) is 2. The number of benzene rings is 3. The largest absolute Gasteiger partial charge is 0.458 e. The van der Waals surface area contributed by atoms with Crippen LogP contribution in [0.1, 0.15) is 16.7 Å². The zero-order valence-electron chi connectivity index (χ0n) is 15.2. The molecule has 0 atom stereocenters. The molecule has 0 amide bonds. The fourth-order valence-corrected chi connectivity index (χ4v) is 2.73. The molecule has 134 valence electrons. The van der Waals surface area contributed by atoms with E-state index in [2.05, 4.69) is 44.0 Å². The van der Waals surface area contributed by atoms with Crippen LogP contribution in [0.5, 0.6) is 11.5 Å². The van der Waals surface area contributed by atoms with E-state index in [-0.39, 0.29) is 6.79 Å². The zero-order valence-corrected chi connectivity index (χ0v) is 15.2. The summed E-state index contributed by atoms with van der Waals surface area (Å²) in [4.78, 5) is 0. The van der Waals surface area contributed by atoms with Crippen LogP contribution in [-0.4, -0.2) is 6.79 Å². The van der Waals surface area contributed by atoms with Gasteiger partial charge in [-0.15, -0.1) is 0 Å². The summed E-state index contributed by atoms with van der Waals surface area (Å²) >= 11 is 0. The monoisotopic (exact) mass is 354 g/mol. The number of rotatable bonds is 8. The smallest absolute Gasteiger partial charge is 0.230 e. The van der Waals surface area contributed by atoms with Crippen LogP contribution in [-0.2, 0) is 0 Å². The van der Waals surface area contributed by atoms with E-state index >= 15 is 0 Å². The van der Waals surface area contributed by atoms with Crippen LogP contribution in [0.25, 0.3) is 29.4 Å². The molecule has 0 aromatic heterocycles. The summed E-state index contributed by atoms with van der Waals surface area (Å²) in [6.45, 7) is 11.5. The van der Waals surface area contributed by atoms with Gasteiger partial charge in [0.15, 0.2) is 0 Å². The van der Waals surface area contributed by atoms with Crippen molar-refractivity contribution in [2.24, 2.45) is 0 Å². The van der Waals surface area contributed by atoms with Crippen molar-refractivity contribution in [3.05, 3.63) is 103 Å². The lowest BCUT2D eigenvalue weighted by molar-refractivity contribution is 0.120. The van der Waals surface area contributed by atoms with Gasteiger partial charge in [-0.2, -0.15) is 0 Å². The summed E-state index contributed by atoms with van der Waals surface area (Å²) in [5.41, 5.74) is 5.40. The first-order chi connectivity index (χ1) is 13.2. The fourth-order valence-electron chi connectivity index (χ4n) is 2.73. The maximum absolute atomic E-state index is 5.69. The highest BCUT2D eigenvalue weighted by molar-refractivity contribution is 5.66. The molecule has 3 rings (SSSR count). The van der Waals surface area contributed by atoms with E-state index in [1.807, 2.05) is 48.5 Å². The van der Waals surface area contributed by atoms with E-state index < -0.39 is 0 Å². The summed E-state index contributed by atoms with van der Waals surface area (Å²) in [6.07, 6.45) is 5.42. The van der Waals surface area contributed by atoms with Crippen molar-refractivity contribution in [2.45, 2.75) is 0 Å². The second-order valence-electron chi connectivity index (χ2n) is 5.96. The second kappa shape index (κ2) is 8.72. The SMILES string of the molecule is C=Cc1ccc(-c2ccc(OCOc3ccc(C=C)c(C=C)c3)cc2)cc1. The summed E-state index contributed by atoms with van der Waals surface area (Å²) in [5, 5.41) is 0. The highest BCUT2D eigenvalue weighted by Crippen LogP contribution is 2.24. The van der Waals surface area contributed by atoms with E-state index in [0.29, 0.717) is 0 Å². The summed E-state index contributed by atoms with van der Waals surface area (Å²) in [6, 6.07) is 22.0. The van der Waals surface area contributed by atoms with Crippen LogP contribution in [0, 0.1) is 0 Å². The lowest BCUT2D eigenvalue weighted by atomic mass is 10.0. The maximum Gasteiger partial charge on any atom is 0.230 e. The first kappa shape index (κ1) is 18.3. The van der Waals surface area contributed by atoms with Crippen LogP contribution >= 0.6 is 0 Å². The highest BCUT2D eigenvalue weighted by atomic mass is 16.7. The van der Waals surface area contributed by atoms with E-state index in [9.17, 15) is 0 Å². The van der Waals surface area contributed by atoms with Gasteiger partial charge in [-0.05, 0) is 52.1 Å². The molecule has 0 aliphatic rings. The van der Waals surface area contributed by atoms with Crippen molar-refractivity contribution in [3.8, 4) is 22.6 Å². The van der Waals surface area contributed by atoms with Gasteiger partial charge in [-0.3, -0.25) is 0 Å². The molecular weight excluding hydrogens is 332 g/mol. The van der Waals surface area contributed by atoms with Gasteiger partial charge in [0.25, 0.3) is 0 Å². The first-order valence-electron chi connectivity index (χ1n) is 8.71. The minimum atomic E-state index is 0.136. The van der Waals surface area contributed by atoms with Gasteiger partial charge >= 0.3 is 0 Å². The topological polar surface area (TPSA) is 18.5 Å². The molecule has 0 heterocycles. The minimum absolute atomic E-state index is 0.136. The Morgan fingerprint density at radius 2 is 1.15 bits per heavy atom. The Bertz CT molecular complexity index is 935. The van der Waals surface area contributed by atoms with E-state index in [1.54, 1.807) is 12.2 Å². The zero-order chi connectivity index (χ0) is 19.1. The average Bonchev–Trinajstić information content (AvgIpc) is 2.74. The molecule has 2 nitrogen and oxygen atoms in total. The number of hydrogen-bond donors (Lipinski definition) is 0. The summed E-state index contributed by atoms with van der Waals surface area (Å²) < 4.78 is 11.4. The third kappa shape index (κ3) is 4.56. The molecule has 0 radical (unpaired) electrons. The lowest BCUT2D eigenvalue weighted by Crippen LogP contribution is -2.05. The highest BCUT2D eigenvalue weighted by Gasteiger charge is 2.02. The molecule has 27 heavy (non-hydrogen) atoms. The van der Waals surface area contributed by atoms with Gasteiger partial charge in [0.1, 0.15) is 11.5 Å². The van der Waals surface area contributed by atoms with Crippen molar-refractivity contribution in [1.82, 2.24) is 0 Å². The Balaban J connectivity index is 1.59. The molecule has 0 aliphatic heterocycles. The predicted molar refractivity (Wildman–Crippen MR) is 115 cm³/mol. The van der Waals surface area contributed by atoms with Crippen LogP contribution in [0.4, 0.5) is 0 Å². The molecule has 0 N–H and O–H groups in total. The molecule has 0 unspecified atom stereocenters. The molecular formula is C25H22O2. The van der Waals surface area contributed by atoms with Crippen LogP contribution < -0.4 is 9.47 Å². The molecule has 2 heteroatoms. The molecule has 0 spiro atoms. The normalized spacial score (nSPS) is 10.1. The Labute approximate surface area is 160 Å². The Morgan fingerprint density at radius 3 is 1.74 bits per heavy atom. The van der Waals surface area contributed by atoms with Crippen molar-refractivity contribution >= 4 is 18.2 Å². The van der Waals surface area contributed by atoms with Crippen molar-refractivity contribution in [3.63, 3.8) is 0 Å². The van der Waals surface area contributed by atoms with E-state index in [4.69, 9.17) is 9.47 Å². The van der Waals surface area contributed by atoms with Crippen molar-refractivity contribution < 1.29 is 9.47 Å². The summed E-state index contributed by atoms with van der Waals surface area (Å²) in [7, 11) is 0. The Morgan fingerprint density at radius 1 is 0.593 bits per heavy atom. The third-order valence-corrected chi connectivity index (χ3v) is 4.28. The maximum atomic E-state index is 5.69. The van der Waals surface area contributed by atoms with Crippen LogP contribution in [0.2, 0.25) is 0 Å². The molecule has 0 bridgehead atoms. The van der Waals surface area contributed by atoms with E-state index in [0.717, 1.165) is 39.3 Å². The molecule has 0 fully saturated rings. The van der Waals surface area contributed by atoms with Crippen molar-refractivity contribution in [1.29, 1.82) is 0 Å². The van der Waals surface area contributed by atoms with Crippen LogP contribution in [0.3, 0.4) is 0 Å². The second-order valence-corrected chi connectivity index (χ2v) is 5.96. The third-order valence-electron chi connectivity index (χ3n) is 4.28. The van der Waals surface area contributed by atoms with Gasteiger partial charge in [0.2, 0.25) is 6.79 Å². The number of ether oxygens (including phenoxy) is 2. The Hall–Kier alpha value is -3.52. The van der Waals surface area contributed by atoms with Crippen molar-refractivity contribution in [2.75, 3.05) is 6.79 Å². The lowest BCUT2D eigenvalue weighted by Gasteiger charge is -2.11. The molecule has 0 aliphatic carbocycles. The summed E-state index contributed by atoms with van der Waals surface area (Å²) in [5.74, 6) is 1.49. The fraction of sp³-hybridized carbons (Fsp3) is 0.0400. The van der Waals surface area contributed by atoms with Gasteiger partial charge in [-0.25, -0.2) is 0 Å². The van der Waals surface area contributed by atoms with Crippen LogP contribution in [0.15, 0.2) is 86.5 Å². The van der Waals surface area contributed by atoms with Gasteiger partial charge in [0.05, 0.1) is 0 Å². The quantitative estimate of drug-likeness (QED) is 0.419. The standard InChI is InChI=1S/C25H22O2/c1-4-19-7-9-22(10-8-19)23-12-14-24(15-13-23)26-18-27-25-16-11-20(5-2)21(6-3)17-25/h4-17H,1-3,18H2. The molecule has 0 saturated heterocycles. The Kier molecular flexibility index (Phi) is 5.91.